The molecule has 0 nitrogen and oxygen atoms in total. The molecule has 2 aliphatic rings. The Bertz CT molecular complexity index is 3010. The summed E-state index contributed by atoms with van der Waals surface area (Å²) in [5.74, 6) is 0. The van der Waals surface area contributed by atoms with Crippen molar-refractivity contribution in [1.82, 2.24) is 0 Å². The van der Waals surface area contributed by atoms with Gasteiger partial charge in [0.25, 0.3) is 0 Å². The van der Waals surface area contributed by atoms with E-state index >= 15 is 0 Å². The second-order valence-corrected chi connectivity index (χ2v) is 26.0. The molecule has 0 radical (unpaired) electrons. The molecule has 0 saturated heterocycles. The Morgan fingerprint density at radius 1 is 0.516 bits per heavy atom. The number of fused-ring (bicyclic) bond motifs is 5. The van der Waals surface area contributed by atoms with Crippen molar-refractivity contribution in [2.75, 3.05) is 0 Å². The summed E-state index contributed by atoms with van der Waals surface area (Å²) in [5, 5.41) is 5.39. The van der Waals surface area contributed by atoms with Crippen molar-refractivity contribution in [1.29, 1.82) is 0 Å². The summed E-state index contributed by atoms with van der Waals surface area (Å²) in [7, 11) is 0. The van der Waals surface area contributed by atoms with Crippen LogP contribution in [0, 0.1) is 0 Å². The van der Waals surface area contributed by atoms with E-state index in [1.165, 1.54) is 82.7 Å². The molecule has 0 aromatic heterocycles. The van der Waals surface area contributed by atoms with E-state index in [-0.39, 0.29) is 10.8 Å². The zero-order chi connectivity index (χ0) is 42.6. The third-order valence-electron chi connectivity index (χ3n) is 13.4. The van der Waals surface area contributed by atoms with E-state index in [0.29, 0.717) is 0 Å². The molecule has 1 heteroatoms. The Kier molecular flexibility index (Phi) is 10.7. The Balaban J connectivity index is 1.34. The first-order valence-corrected chi connectivity index (χ1v) is 26.2. The Morgan fingerprint density at radius 3 is 1.61 bits per heavy atom. The normalized spacial score (nSPS) is 13.4. The molecule has 62 heavy (non-hydrogen) atoms. The van der Waals surface area contributed by atoms with Crippen LogP contribution in [0.15, 0.2) is 185 Å². The van der Waals surface area contributed by atoms with Crippen LogP contribution in [-0.2, 0) is 51.4 Å². The zero-order valence-electron chi connectivity index (χ0n) is 37.1. The number of allylic oxidation sites excluding steroid dienone is 4. The van der Waals surface area contributed by atoms with Gasteiger partial charge in [0.05, 0.1) is 0 Å². The molecule has 0 amide bonds. The average Bonchev–Trinajstić information content (AvgIpc) is 3.94. The fraction of sp³-hybridized carbons (Fsp3) is 0.197. The molecule has 0 atom stereocenters. The van der Waals surface area contributed by atoms with E-state index in [1.807, 2.05) is 0 Å². The van der Waals surface area contributed by atoms with Crippen molar-refractivity contribution in [3.63, 3.8) is 0 Å². The topological polar surface area (TPSA) is 0 Å². The van der Waals surface area contributed by atoms with Crippen LogP contribution in [0.3, 0.4) is 0 Å². The fourth-order valence-electron chi connectivity index (χ4n) is 10.4. The van der Waals surface area contributed by atoms with Crippen LogP contribution in [0.2, 0.25) is 0 Å². The van der Waals surface area contributed by atoms with Gasteiger partial charge in [0.2, 0.25) is 0 Å². The van der Waals surface area contributed by atoms with Crippen LogP contribution in [0.5, 0.6) is 0 Å². The van der Waals surface area contributed by atoms with Gasteiger partial charge in [0, 0.05) is 0 Å². The van der Waals surface area contributed by atoms with E-state index in [2.05, 4.69) is 224 Å². The third kappa shape index (κ3) is 7.58. The number of hydrogen-bond donors (Lipinski definition) is 0. The van der Waals surface area contributed by atoms with Gasteiger partial charge >= 0.3 is 379 Å². The van der Waals surface area contributed by atoms with Gasteiger partial charge in [-0.2, -0.15) is 0 Å². The van der Waals surface area contributed by atoms with Gasteiger partial charge in [-0.05, 0) is 0 Å². The quantitative estimate of drug-likeness (QED) is 0.143. The van der Waals surface area contributed by atoms with Gasteiger partial charge in [-0.1, -0.05) is 0 Å². The van der Waals surface area contributed by atoms with Gasteiger partial charge in [0.15, 0.2) is 0 Å². The molecule has 2 aliphatic carbocycles. The second-order valence-electron chi connectivity index (χ2n) is 19.6. The second kappa shape index (κ2) is 16.3. The molecule has 0 unspecified atom stereocenters. The summed E-state index contributed by atoms with van der Waals surface area (Å²) >= 11 is -3.08. The summed E-state index contributed by atoms with van der Waals surface area (Å²) in [5.41, 5.74) is 17.1. The molecular weight excluding hydrogens is 824 g/mol. The molecule has 0 aliphatic heterocycles. The van der Waals surface area contributed by atoms with Gasteiger partial charge in [-0.15, -0.1) is 0 Å². The third-order valence-corrected chi connectivity index (χ3v) is 21.0. The standard InChI is InChI=1S/C33H33.C23H18.C5H5.Zr/c1-32(2,3)30-20-26-24(18-28(30)22-13-9-7-10-14-22)17-25-19-29(23-15-11-8-12-16-23)31(21-27(25)26)33(4,5)6;1-3-16-22-18(8-1)10-5-12-20(22)14-7-15-21-13-6-11-19-9-2-4-17-23(19)21;1-2-4-5-3-1;/h7-16,18,20-21H,17H2,1-6H3;1-6,8-13,16-17H,14-15H2;1-3H,4H2;. The van der Waals surface area contributed by atoms with Gasteiger partial charge < -0.3 is 0 Å². The van der Waals surface area contributed by atoms with Crippen LogP contribution >= 0.6 is 0 Å². The molecule has 0 saturated carbocycles. The van der Waals surface area contributed by atoms with E-state index < -0.39 is 21.3 Å². The summed E-state index contributed by atoms with van der Waals surface area (Å²) in [4.78, 5) is 0. The first kappa shape index (κ1) is 40.6. The predicted molar refractivity (Wildman–Crippen MR) is 265 cm³/mol. The fourth-order valence-corrected chi connectivity index (χ4v) is 19.0. The summed E-state index contributed by atoms with van der Waals surface area (Å²) in [6.45, 7) is 14.5. The van der Waals surface area contributed by atoms with Crippen molar-refractivity contribution >= 4 is 28.0 Å². The van der Waals surface area contributed by atoms with Crippen molar-refractivity contribution in [2.45, 2.75) is 78.1 Å². The van der Waals surface area contributed by atoms with Crippen molar-refractivity contribution in [3.05, 3.63) is 219 Å². The maximum atomic E-state index is 2.64. The molecular formula is C61H56Zr. The zero-order valence-corrected chi connectivity index (χ0v) is 39.6. The summed E-state index contributed by atoms with van der Waals surface area (Å²) < 4.78 is 5.13. The maximum absolute atomic E-state index is 3.08. The minimum absolute atomic E-state index is 0.0261. The molecule has 0 bridgehead atoms. The number of rotatable bonds is 8. The van der Waals surface area contributed by atoms with E-state index in [0.717, 1.165) is 25.7 Å². The summed E-state index contributed by atoms with van der Waals surface area (Å²) in [6.07, 6.45) is 11.3. The van der Waals surface area contributed by atoms with E-state index in [9.17, 15) is 0 Å². The number of hydrogen-bond acceptors (Lipinski definition) is 0. The van der Waals surface area contributed by atoms with Crippen molar-refractivity contribution in [2.24, 2.45) is 0 Å². The Hall–Kier alpha value is -5.49. The minimum atomic E-state index is -3.08. The molecule has 8 aromatic carbocycles. The average molecular weight is 880 g/mol. The SMILES string of the molecule is CC(C)(C)c1cc2c(cc1-c1ccccc1)Cc1c-2cc(C(C)(C)C)c(-c2ccccc2)[c]1[Zr]([C]1=CC=CC1)=[C](Cc1cccc2ccccc12)Cc1cccc2ccccc12. The van der Waals surface area contributed by atoms with E-state index in [4.69, 9.17) is 0 Å². The molecule has 0 heterocycles. The van der Waals surface area contributed by atoms with E-state index in [1.54, 1.807) is 15.3 Å². The van der Waals surface area contributed by atoms with Crippen LogP contribution in [0.25, 0.3) is 54.9 Å². The van der Waals surface area contributed by atoms with Crippen LogP contribution < -0.4 is 3.27 Å². The molecule has 0 N–H and O–H groups in total. The molecule has 0 spiro atoms. The molecule has 8 aromatic rings. The van der Waals surface area contributed by atoms with Gasteiger partial charge in [-0.3, -0.25) is 0 Å². The van der Waals surface area contributed by atoms with Crippen LogP contribution in [0.4, 0.5) is 0 Å². The van der Waals surface area contributed by atoms with Crippen LogP contribution in [0.1, 0.15) is 81.3 Å². The molecule has 0 fully saturated rings. The van der Waals surface area contributed by atoms with Crippen molar-refractivity contribution < 1.29 is 21.3 Å². The summed E-state index contributed by atoms with van der Waals surface area (Å²) in [6, 6.07) is 62.4. The van der Waals surface area contributed by atoms with Crippen LogP contribution in [-0.4, -0.2) is 3.21 Å². The first-order valence-electron chi connectivity index (χ1n) is 22.5. The van der Waals surface area contributed by atoms with Crippen molar-refractivity contribution in [3.8, 4) is 33.4 Å². The number of benzene rings is 8. The Morgan fingerprint density at radius 2 is 1.05 bits per heavy atom. The predicted octanol–water partition coefficient (Wildman–Crippen LogP) is 15.2. The van der Waals surface area contributed by atoms with Gasteiger partial charge in [0.1, 0.15) is 0 Å². The Labute approximate surface area is 376 Å². The van der Waals surface area contributed by atoms with Gasteiger partial charge in [-0.25, -0.2) is 0 Å². The monoisotopic (exact) mass is 878 g/mol. The molecule has 304 valence electrons. The molecule has 10 rings (SSSR count). The first-order chi connectivity index (χ1) is 30.0.